The Balaban J connectivity index is 0.00000280. The monoisotopic (exact) mass is 557 g/mol. The van der Waals surface area contributed by atoms with Gasteiger partial charge >= 0.3 is 0 Å². The third-order valence-corrected chi connectivity index (χ3v) is 5.52. The maximum absolute atomic E-state index is 4.55. The quantitative estimate of drug-likeness (QED) is 0.332. The van der Waals surface area contributed by atoms with Gasteiger partial charge in [0.25, 0.3) is 0 Å². The van der Waals surface area contributed by atoms with Crippen LogP contribution < -0.4 is 15.5 Å². The fourth-order valence-electron chi connectivity index (χ4n) is 3.32. The first kappa shape index (κ1) is 22.9. The molecule has 1 aliphatic rings. The number of anilines is 1. The summed E-state index contributed by atoms with van der Waals surface area (Å²) < 4.78 is 1.11. The molecule has 0 aliphatic carbocycles. The van der Waals surface area contributed by atoms with Crippen LogP contribution in [0.15, 0.2) is 46.0 Å². The average Bonchev–Trinajstić information content (AvgIpc) is 2.67. The second kappa shape index (κ2) is 11.0. The second-order valence-electron chi connectivity index (χ2n) is 7.10. The van der Waals surface area contributed by atoms with E-state index >= 15 is 0 Å². The van der Waals surface area contributed by atoms with E-state index in [2.05, 4.69) is 85.6 Å². The molecule has 0 saturated carbocycles. The van der Waals surface area contributed by atoms with Gasteiger partial charge in [-0.2, -0.15) is 0 Å². The topological polar surface area (TPSA) is 52.6 Å². The van der Waals surface area contributed by atoms with E-state index in [1.165, 1.54) is 16.7 Å². The third-order valence-electron chi connectivity index (χ3n) is 5.03. The van der Waals surface area contributed by atoms with Gasteiger partial charge in [0.1, 0.15) is 5.82 Å². The van der Waals surface area contributed by atoms with Crippen LogP contribution in [0.5, 0.6) is 0 Å². The predicted molar refractivity (Wildman–Crippen MR) is 132 cm³/mol. The summed E-state index contributed by atoms with van der Waals surface area (Å²) in [6, 6.07) is 11.0. The maximum Gasteiger partial charge on any atom is 0.191 e. The summed E-state index contributed by atoms with van der Waals surface area (Å²) >= 11 is 3.52. The van der Waals surface area contributed by atoms with Crippen molar-refractivity contribution < 1.29 is 0 Å². The van der Waals surface area contributed by atoms with Crippen molar-refractivity contribution in [3.8, 4) is 0 Å². The Kier molecular flexibility index (Phi) is 9.01. The van der Waals surface area contributed by atoms with Crippen LogP contribution in [0.2, 0.25) is 0 Å². The van der Waals surface area contributed by atoms with Gasteiger partial charge in [0.05, 0.1) is 0 Å². The van der Waals surface area contributed by atoms with Crippen molar-refractivity contribution in [2.45, 2.75) is 39.3 Å². The molecular formula is C21H29BrIN5. The first-order chi connectivity index (χ1) is 13.0. The third kappa shape index (κ3) is 6.34. The van der Waals surface area contributed by atoms with Crippen molar-refractivity contribution in [1.82, 2.24) is 15.6 Å². The Morgan fingerprint density at radius 1 is 1.21 bits per heavy atom. The van der Waals surface area contributed by atoms with E-state index < -0.39 is 0 Å². The lowest BCUT2D eigenvalue weighted by Gasteiger charge is -2.33. The van der Waals surface area contributed by atoms with Crippen molar-refractivity contribution in [3.63, 3.8) is 0 Å². The summed E-state index contributed by atoms with van der Waals surface area (Å²) in [6.45, 7) is 6.99. The number of aryl methyl sites for hydroxylation is 2. The summed E-state index contributed by atoms with van der Waals surface area (Å²) in [5.74, 6) is 1.94. The standard InChI is InChI=1S/C21H28BrN5.HI/c1-15-4-7-20(24-13-15)27-10-8-19(9-11-27)26-21(23-3)25-14-17-5-6-18(22)12-16(17)2;/h4-7,12-13,19H,8-11,14H2,1-3H3,(H2,23,25,26);1H. The smallest absolute Gasteiger partial charge is 0.191 e. The number of benzene rings is 1. The van der Waals surface area contributed by atoms with E-state index in [9.17, 15) is 0 Å². The van der Waals surface area contributed by atoms with E-state index in [1.54, 1.807) is 0 Å². The molecule has 7 heteroatoms. The molecule has 1 aromatic heterocycles. The lowest BCUT2D eigenvalue weighted by atomic mass is 10.1. The minimum atomic E-state index is 0. The van der Waals surface area contributed by atoms with Crippen LogP contribution in [0.25, 0.3) is 0 Å². The van der Waals surface area contributed by atoms with Gasteiger partial charge in [-0.3, -0.25) is 4.99 Å². The molecule has 1 aromatic carbocycles. The number of nitrogens with one attached hydrogen (secondary N) is 2. The minimum absolute atomic E-state index is 0. The maximum atomic E-state index is 4.55. The van der Waals surface area contributed by atoms with Gasteiger partial charge in [-0.25, -0.2) is 4.98 Å². The molecule has 3 rings (SSSR count). The molecule has 1 aliphatic heterocycles. The van der Waals surface area contributed by atoms with Gasteiger partial charge in [0.2, 0.25) is 0 Å². The number of hydrogen-bond acceptors (Lipinski definition) is 3. The van der Waals surface area contributed by atoms with Crippen molar-refractivity contribution in [2.24, 2.45) is 4.99 Å². The summed E-state index contributed by atoms with van der Waals surface area (Å²) in [4.78, 5) is 11.3. The molecule has 1 saturated heterocycles. The summed E-state index contributed by atoms with van der Waals surface area (Å²) in [7, 11) is 1.83. The van der Waals surface area contributed by atoms with Gasteiger partial charge in [0, 0.05) is 43.4 Å². The lowest BCUT2D eigenvalue weighted by molar-refractivity contribution is 0.459. The molecule has 2 N–H and O–H groups in total. The van der Waals surface area contributed by atoms with Gasteiger partial charge in [-0.05, 0) is 61.6 Å². The fraction of sp³-hybridized carbons (Fsp3) is 0.429. The van der Waals surface area contributed by atoms with E-state index in [0.29, 0.717) is 6.04 Å². The zero-order valence-electron chi connectivity index (χ0n) is 16.7. The van der Waals surface area contributed by atoms with Crippen LogP contribution in [-0.4, -0.2) is 37.1 Å². The van der Waals surface area contributed by atoms with Gasteiger partial charge in [0.15, 0.2) is 5.96 Å². The van der Waals surface area contributed by atoms with Crippen molar-refractivity contribution in [2.75, 3.05) is 25.0 Å². The molecule has 0 amide bonds. The largest absolute Gasteiger partial charge is 0.356 e. The first-order valence-corrected chi connectivity index (χ1v) is 10.2. The number of aliphatic imine (C=N–C) groups is 1. The SMILES string of the molecule is CN=C(NCc1ccc(Br)cc1C)NC1CCN(c2ccc(C)cn2)CC1.I. The number of nitrogens with zero attached hydrogens (tertiary/aromatic N) is 3. The van der Waals surface area contributed by atoms with E-state index in [0.717, 1.165) is 48.7 Å². The van der Waals surface area contributed by atoms with Crippen LogP contribution in [0.4, 0.5) is 5.82 Å². The molecule has 1 fully saturated rings. The van der Waals surface area contributed by atoms with Crippen LogP contribution in [-0.2, 0) is 6.54 Å². The van der Waals surface area contributed by atoms with Crippen LogP contribution in [0, 0.1) is 13.8 Å². The molecule has 5 nitrogen and oxygen atoms in total. The van der Waals surface area contributed by atoms with Gasteiger partial charge in [-0.15, -0.1) is 24.0 Å². The van der Waals surface area contributed by atoms with Crippen LogP contribution in [0.3, 0.4) is 0 Å². The molecule has 2 heterocycles. The molecule has 152 valence electrons. The predicted octanol–water partition coefficient (Wildman–Crippen LogP) is 4.41. The van der Waals surface area contributed by atoms with E-state index in [1.807, 2.05) is 13.2 Å². The molecule has 0 radical (unpaired) electrons. The zero-order valence-corrected chi connectivity index (χ0v) is 20.6. The highest BCUT2D eigenvalue weighted by molar-refractivity contribution is 14.0. The summed E-state index contributed by atoms with van der Waals surface area (Å²) in [6.07, 6.45) is 4.09. The number of hydrogen-bond donors (Lipinski definition) is 2. The Hall–Kier alpha value is -1.35. The van der Waals surface area contributed by atoms with Crippen molar-refractivity contribution in [3.05, 3.63) is 57.7 Å². The van der Waals surface area contributed by atoms with E-state index in [4.69, 9.17) is 0 Å². The molecule has 0 atom stereocenters. The van der Waals surface area contributed by atoms with E-state index in [-0.39, 0.29) is 24.0 Å². The summed E-state index contributed by atoms with van der Waals surface area (Å²) in [5, 5.41) is 7.01. The van der Waals surface area contributed by atoms with Crippen LogP contribution >= 0.6 is 39.9 Å². The highest BCUT2D eigenvalue weighted by Crippen LogP contribution is 2.18. The van der Waals surface area contributed by atoms with Crippen molar-refractivity contribution >= 4 is 51.7 Å². The molecule has 0 bridgehead atoms. The number of rotatable bonds is 4. The average molecular weight is 558 g/mol. The fourth-order valence-corrected chi connectivity index (χ4v) is 3.80. The first-order valence-electron chi connectivity index (χ1n) is 9.45. The van der Waals surface area contributed by atoms with Crippen molar-refractivity contribution in [1.29, 1.82) is 0 Å². The number of guanidine groups is 1. The Morgan fingerprint density at radius 3 is 2.57 bits per heavy atom. The number of halogens is 2. The Labute approximate surface area is 193 Å². The Morgan fingerprint density at radius 2 is 1.96 bits per heavy atom. The normalized spacial score (nSPS) is 15.1. The number of aromatic nitrogens is 1. The number of piperidine rings is 1. The minimum Gasteiger partial charge on any atom is -0.356 e. The molecular weight excluding hydrogens is 529 g/mol. The van der Waals surface area contributed by atoms with Crippen LogP contribution in [0.1, 0.15) is 29.5 Å². The van der Waals surface area contributed by atoms with Gasteiger partial charge < -0.3 is 15.5 Å². The number of pyridine rings is 1. The second-order valence-corrected chi connectivity index (χ2v) is 8.01. The molecule has 0 spiro atoms. The zero-order chi connectivity index (χ0) is 19.2. The highest BCUT2D eigenvalue weighted by Gasteiger charge is 2.20. The highest BCUT2D eigenvalue weighted by atomic mass is 127. The Bertz CT molecular complexity index is 786. The molecule has 0 unspecified atom stereocenters. The lowest BCUT2D eigenvalue weighted by Crippen LogP contribution is -2.48. The summed E-state index contributed by atoms with van der Waals surface area (Å²) in [5.41, 5.74) is 3.75. The molecule has 2 aromatic rings. The van der Waals surface area contributed by atoms with Gasteiger partial charge in [-0.1, -0.05) is 28.1 Å². The molecule has 28 heavy (non-hydrogen) atoms.